The zero-order valence-corrected chi connectivity index (χ0v) is 9.61. The first kappa shape index (κ1) is 11.8. The fourth-order valence-electron chi connectivity index (χ4n) is 2.43. The van der Waals surface area contributed by atoms with Crippen molar-refractivity contribution in [3.05, 3.63) is 0 Å². The van der Waals surface area contributed by atoms with Crippen LogP contribution in [0.15, 0.2) is 0 Å². The molecule has 92 valence electrons. The molecule has 1 saturated carbocycles. The molecule has 5 nitrogen and oxygen atoms in total. The van der Waals surface area contributed by atoms with Crippen LogP contribution in [0.25, 0.3) is 0 Å². The molecule has 0 aromatic rings. The molecular weight excluding hydrogens is 206 g/mol. The quantitative estimate of drug-likeness (QED) is 0.593. The van der Waals surface area contributed by atoms with E-state index < -0.39 is 6.10 Å². The number of aliphatic hydroxyl groups excluding tert-OH is 1. The molecule has 2 unspecified atom stereocenters. The average molecular weight is 227 g/mol. The van der Waals surface area contributed by atoms with E-state index in [1.54, 1.807) is 0 Å². The summed E-state index contributed by atoms with van der Waals surface area (Å²) in [6.45, 7) is 3.50. The predicted molar refractivity (Wildman–Crippen MR) is 60.6 cm³/mol. The Hall–Kier alpha value is -0.650. The van der Waals surface area contributed by atoms with Gasteiger partial charge in [0.05, 0.1) is 12.0 Å². The highest BCUT2D eigenvalue weighted by molar-refractivity contribution is 5.78. The number of amides is 1. The largest absolute Gasteiger partial charge is 0.392 e. The van der Waals surface area contributed by atoms with E-state index in [0.29, 0.717) is 0 Å². The van der Waals surface area contributed by atoms with Gasteiger partial charge in [-0.3, -0.25) is 10.2 Å². The number of rotatable bonds is 2. The lowest BCUT2D eigenvalue weighted by molar-refractivity contribution is -0.135. The van der Waals surface area contributed by atoms with Crippen molar-refractivity contribution < 1.29 is 9.90 Å². The highest BCUT2D eigenvalue weighted by atomic mass is 16.3. The second-order valence-electron chi connectivity index (χ2n) is 4.67. The van der Waals surface area contributed by atoms with Crippen LogP contribution in [0.4, 0.5) is 0 Å². The van der Waals surface area contributed by atoms with E-state index in [2.05, 4.69) is 10.7 Å². The number of aliphatic hydroxyl groups is 1. The molecule has 16 heavy (non-hydrogen) atoms. The van der Waals surface area contributed by atoms with Gasteiger partial charge in [-0.05, 0) is 12.8 Å². The number of hydrogen-bond donors (Lipinski definition) is 3. The third kappa shape index (κ3) is 2.93. The summed E-state index contributed by atoms with van der Waals surface area (Å²) in [6, 6.07) is 0. The van der Waals surface area contributed by atoms with E-state index in [-0.39, 0.29) is 11.8 Å². The molecule has 0 spiro atoms. The molecule has 5 heteroatoms. The lowest BCUT2D eigenvalue weighted by Gasteiger charge is -2.32. The maximum Gasteiger partial charge on any atom is 0.239 e. The van der Waals surface area contributed by atoms with Gasteiger partial charge in [0.15, 0.2) is 0 Å². The van der Waals surface area contributed by atoms with Crippen LogP contribution in [0, 0.1) is 5.92 Å². The van der Waals surface area contributed by atoms with Crippen molar-refractivity contribution in [3.63, 3.8) is 0 Å². The Labute approximate surface area is 96.2 Å². The summed E-state index contributed by atoms with van der Waals surface area (Å²) in [5.74, 6) is -0.210. The van der Waals surface area contributed by atoms with Crippen molar-refractivity contribution in [1.82, 2.24) is 15.8 Å². The fraction of sp³-hybridized carbons (Fsp3) is 0.909. The Kier molecular flexibility index (Phi) is 4.15. The van der Waals surface area contributed by atoms with Gasteiger partial charge in [-0.2, -0.15) is 0 Å². The van der Waals surface area contributed by atoms with Crippen LogP contribution in [0.2, 0.25) is 0 Å². The maximum atomic E-state index is 11.9. The zero-order valence-electron chi connectivity index (χ0n) is 9.61. The number of hydrazine groups is 1. The minimum absolute atomic E-state index is 0.00546. The Morgan fingerprint density at radius 2 is 1.94 bits per heavy atom. The SMILES string of the molecule is O=C(NN1CCNCC1)C1CCCCC1O. The van der Waals surface area contributed by atoms with Gasteiger partial charge >= 0.3 is 0 Å². The van der Waals surface area contributed by atoms with Gasteiger partial charge in [0.25, 0.3) is 0 Å². The summed E-state index contributed by atoms with van der Waals surface area (Å²) < 4.78 is 0. The minimum atomic E-state index is -0.448. The van der Waals surface area contributed by atoms with Crippen molar-refractivity contribution in [2.24, 2.45) is 5.92 Å². The second kappa shape index (κ2) is 5.61. The summed E-state index contributed by atoms with van der Waals surface area (Å²) in [5.41, 5.74) is 2.91. The molecule has 2 rings (SSSR count). The van der Waals surface area contributed by atoms with Gasteiger partial charge in [-0.15, -0.1) is 0 Å². The summed E-state index contributed by atoms with van der Waals surface area (Å²) in [6.07, 6.45) is 3.23. The number of nitrogens with zero attached hydrogens (tertiary/aromatic N) is 1. The Morgan fingerprint density at radius 3 is 2.62 bits per heavy atom. The molecule has 0 aromatic carbocycles. The molecule has 1 aliphatic carbocycles. The molecule has 1 amide bonds. The normalized spacial score (nSPS) is 32.3. The summed E-state index contributed by atoms with van der Waals surface area (Å²) >= 11 is 0. The van der Waals surface area contributed by atoms with Crippen molar-refractivity contribution in [3.8, 4) is 0 Å². The summed E-state index contributed by atoms with van der Waals surface area (Å²) in [5, 5.41) is 15.0. The zero-order chi connectivity index (χ0) is 11.4. The first-order chi connectivity index (χ1) is 7.77. The van der Waals surface area contributed by atoms with Gasteiger partial charge in [0, 0.05) is 26.2 Å². The van der Waals surface area contributed by atoms with Gasteiger partial charge in [0.1, 0.15) is 0 Å². The molecular formula is C11H21N3O2. The molecule has 1 aliphatic heterocycles. The highest BCUT2D eigenvalue weighted by Gasteiger charge is 2.30. The first-order valence-corrected chi connectivity index (χ1v) is 6.21. The van der Waals surface area contributed by atoms with Crippen LogP contribution in [-0.4, -0.2) is 48.3 Å². The lowest BCUT2D eigenvalue weighted by atomic mass is 9.86. The van der Waals surface area contributed by atoms with E-state index in [9.17, 15) is 9.90 Å². The van der Waals surface area contributed by atoms with Gasteiger partial charge < -0.3 is 10.4 Å². The standard InChI is InChI=1S/C11H21N3O2/c15-10-4-2-1-3-9(10)11(16)13-14-7-5-12-6-8-14/h9-10,12,15H,1-8H2,(H,13,16). The van der Waals surface area contributed by atoms with E-state index in [1.807, 2.05) is 5.01 Å². The van der Waals surface area contributed by atoms with Crippen LogP contribution in [-0.2, 0) is 4.79 Å². The molecule has 2 atom stereocenters. The topological polar surface area (TPSA) is 64.6 Å². The van der Waals surface area contributed by atoms with Crippen LogP contribution in [0.5, 0.6) is 0 Å². The van der Waals surface area contributed by atoms with Gasteiger partial charge in [0.2, 0.25) is 5.91 Å². The van der Waals surface area contributed by atoms with Gasteiger partial charge in [-0.1, -0.05) is 12.8 Å². The third-order valence-corrected chi connectivity index (χ3v) is 3.45. The lowest BCUT2D eigenvalue weighted by Crippen LogP contribution is -2.54. The van der Waals surface area contributed by atoms with E-state index >= 15 is 0 Å². The smallest absolute Gasteiger partial charge is 0.239 e. The minimum Gasteiger partial charge on any atom is -0.392 e. The average Bonchev–Trinajstić information content (AvgIpc) is 2.31. The van der Waals surface area contributed by atoms with Crippen LogP contribution in [0.3, 0.4) is 0 Å². The maximum absolute atomic E-state index is 11.9. The molecule has 3 N–H and O–H groups in total. The number of carbonyl (C=O) groups is 1. The van der Waals surface area contributed by atoms with Crippen LogP contribution >= 0.6 is 0 Å². The highest BCUT2D eigenvalue weighted by Crippen LogP contribution is 2.24. The van der Waals surface area contributed by atoms with E-state index in [1.165, 1.54) is 0 Å². The number of nitrogens with one attached hydrogen (secondary N) is 2. The third-order valence-electron chi connectivity index (χ3n) is 3.45. The molecule has 2 fully saturated rings. The molecule has 1 saturated heterocycles. The van der Waals surface area contributed by atoms with Crippen molar-refractivity contribution in [2.75, 3.05) is 26.2 Å². The summed E-state index contributed by atoms with van der Waals surface area (Å²) in [7, 11) is 0. The molecule has 1 heterocycles. The Bertz CT molecular complexity index is 241. The van der Waals surface area contributed by atoms with E-state index in [4.69, 9.17) is 0 Å². The molecule has 0 aromatic heterocycles. The number of piperazine rings is 1. The molecule has 0 radical (unpaired) electrons. The number of carbonyl (C=O) groups excluding carboxylic acids is 1. The first-order valence-electron chi connectivity index (χ1n) is 6.21. The van der Waals surface area contributed by atoms with Crippen molar-refractivity contribution in [2.45, 2.75) is 31.8 Å². The summed E-state index contributed by atoms with van der Waals surface area (Å²) in [4.78, 5) is 11.9. The van der Waals surface area contributed by atoms with Gasteiger partial charge in [-0.25, -0.2) is 5.01 Å². The van der Waals surface area contributed by atoms with Crippen molar-refractivity contribution >= 4 is 5.91 Å². The van der Waals surface area contributed by atoms with Crippen LogP contribution < -0.4 is 10.7 Å². The molecule has 2 aliphatic rings. The van der Waals surface area contributed by atoms with E-state index in [0.717, 1.165) is 51.9 Å². The second-order valence-corrected chi connectivity index (χ2v) is 4.67. The van der Waals surface area contributed by atoms with Crippen molar-refractivity contribution in [1.29, 1.82) is 0 Å². The molecule has 0 bridgehead atoms. The predicted octanol–water partition coefficient (Wildman–Crippen LogP) is -0.526. The Morgan fingerprint density at radius 1 is 1.25 bits per heavy atom. The van der Waals surface area contributed by atoms with Crippen LogP contribution in [0.1, 0.15) is 25.7 Å². The fourth-order valence-corrected chi connectivity index (χ4v) is 2.43. The number of hydrogen-bond acceptors (Lipinski definition) is 4. The Balaban J connectivity index is 1.81. The monoisotopic (exact) mass is 227 g/mol.